The number of hydrogen-bond donors (Lipinski definition) is 2. The lowest BCUT2D eigenvalue weighted by Gasteiger charge is -2.13. The summed E-state index contributed by atoms with van der Waals surface area (Å²) in [6.07, 6.45) is 0.787. The molecule has 1 aromatic rings. The Labute approximate surface area is 127 Å². The Morgan fingerprint density at radius 1 is 1.14 bits per heavy atom. The first-order valence-electron chi connectivity index (χ1n) is 7.36. The van der Waals surface area contributed by atoms with Gasteiger partial charge in [-0.3, -0.25) is 0 Å². The minimum atomic E-state index is -0.121. The predicted octanol–water partition coefficient (Wildman–Crippen LogP) is 1.93. The van der Waals surface area contributed by atoms with Gasteiger partial charge in [0.15, 0.2) is 0 Å². The summed E-state index contributed by atoms with van der Waals surface area (Å²) < 4.78 is 5.78. The molecule has 21 heavy (non-hydrogen) atoms. The van der Waals surface area contributed by atoms with E-state index in [-0.39, 0.29) is 6.03 Å². The van der Waals surface area contributed by atoms with Crippen LogP contribution in [0.2, 0.25) is 0 Å². The van der Waals surface area contributed by atoms with E-state index < -0.39 is 0 Å². The van der Waals surface area contributed by atoms with Crippen LogP contribution in [0.15, 0.2) is 18.2 Å². The van der Waals surface area contributed by atoms with Crippen molar-refractivity contribution in [2.45, 2.75) is 20.3 Å². The van der Waals surface area contributed by atoms with Gasteiger partial charge in [-0.15, -0.1) is 0 Å². The van der Waals surface area contributed by atoms with Crippen molar-refractivity contribution in [3.63, 3.8) is 0 Å². The van der Waals surface area contributed by atoms with E-state index in [1.807, 2.05) is 51.0 Å². The van der Waals surface area contributed by atoms with Gasteiger partial charge in [0.1, 0.15) is 5.75 Å². The number of aryl methyl sites for hydroxylation is 2. The van der Waals surface area contributed by atoms with E-state index in [2.05, 4.69) is 10.6 Å². The predicted molar refractivity (Wildman–Crippen MR) is 86.0 cm³/mol. The maximum absolute atomic E-state index is 11.5. The fourth-order valence-electron chi connectivity index (χ4n) is 1.93. The van der Waals surface area contributed by atoms with Crippen molar-refractivity contribution in [3.05, 3.63) is 29.3 Å². The summed E-state index contributed by atoms with van der Waals surface area (Å²) >= 11 is 0. The van der Waals surface area contributed by atoms with Gasteiger partial charge in [-0.25, -0.2) is 4.79 Å². The molecule has 0 heterocycles. The third-order valence-electron chi connectivity index (χ3n) is 3.11. The molecule has 0 aliphatic rings. The molecule has 0 radical (unpaired) electrons. The highest BCUT2D eigenvalue weighted by Gasteiger charge is 2.03. The van der Waals surface area contributed by atoms with E-state index in [0.717, 1.165) is 29.8 Å². The summed E-state index contributed by atoms with van der Waals surface area (Å²) in [6, 6.07) is 5.98. The quantitative estimate of drug-likeness (QED) is 0.720. The van der Waals surface area contributed by atoms with Crippen LogP contribution in [-0.2, 0) is 0 Å². The van der Waals surface area contributed by atoms with Crippen LogP contribution in [0.1, 0.15) is 17.5 Å². The Bertz CT molecular complexity index is 427. The maximum Gasteiger partial charge on any atom is 0.314 e. The van der Waals surface area contributed by atoms with E-state index in [0.29, 0.717) is 19.7 Å². The highest BCUT2D eigenvalue weighted by atomic mass is 16.5. The molecule has 0 aromatic heterocycles. The van der Waals surface area contributed by atoms with E-state index in [1.54, 1.807) is 0 Å². The number of para-hydroxylation sites is 1. The maximum atomic E-state index is 11.5. The molecule has 0 bridgehead atoms. The monoisotopic (exact) mass is 293 g/mol. The van der Waals surface area contributed by atoms with Gasteiger partial charge >= 0.3 is 6.03 Å². The van der Waals surface area contributed by atoms with E-state index in [1.165, 1.54) is 0 Å². The fraction of sp³-hybridized carbons (Fsp3) is 0.562. The summed E-state index contributed by atoms with van der Waals surface area (Å²) in [4.78, 5) is 13.5. The number of nitrogens with one attached hydrogen (secondary N) is 2. The van der Waals surface area contributed by atoms with Gasteiger partial charge in [-0.2, -0.15) is 0 Å². The normalized spacial score (nSPS) is 10.5. The smallest absolute Gasteiger partial charge is 0.314 e. The second-order valence-electron chi connectivity index (χ2n) is 5.41. The molecule has 5 heteroatoms. The molecule has 0 fully saturated rings. The standard InChI is InChI=1S/C16H27N3O2/c1-13-7-5-8-14(2)15(13)21-12-6-9-17-16(20)18-10-11-19(3)4/h5,7-8H,6,9-12H2,1-4H3,(H2,17,18,20). The molecule has 0 spiro atoms. The summed E-state index contributed by atoms with van der Waals surface area (Å²) in [5, 5.41) is 5.63. The molecule has 2 amide bonds. The third-order valence-corrected chi connectivity index (χ3v) is 3.11. The molecule has 0 saturated heterocycles. The lowest BCUT2D eigenvalue weighted by Crippen LogP contribution is -2.39. The van der Waals surface area contributed by atoms with Gasteiger partial charge in [0.2, 0.25) is 0 Å². The van der Waals surface area contributed by atoms with Crippen LogP contribution >= 0.6 is 0 Å². The average molecular weight is 293 g/mol. The van der Waals surface area contributed by atoms with Crippen LogP contribution in [0.25, 0.3) is 0 Å². The molecule has 0 saturated carbocycles. The van der Waals surface area contributed by atoms with Crippen LogP contribution in [0.3, 0.4) is 0 Å². The first-order valence-corrected chi connectivity index (χ1v) is 7.36. The minimum absolute atomic E-state index is 0.121. The topological polar surface area (TPSA) is 53.6 Å². The summed E-state index contributed by atoms with van der Waals surface area (Å²) in [7, 11) is 3.95. The van der Waals surface area contributed by atoms with Crippen molar-refractivity contribution < 1.29 is 9.53 Å². The third kappa shape index (κ3) is 6.99. The zero-order valence-corrected chi connectivity index (χ0v) is 13.5. The average Bonchev–Trinajstić information content (AvgIpc) is 2.41. The minimum Gasteiger partial charge on any atom is -0.493 e. The van der Waals surface area contributed by atoms with Crippen molar-refractivity contribution in [2.75, 3.05) is 40.3 Å². The number of carbonyl (C=O) groups is 1. The molecule has 5 nitrogen and oxygen atoms in total. The molecule has 2 N–H and O–H groups in total. The molecule has 0 aliphatic carbocycles. The van der Waals surface area contributed by atoms with Gasteiger partial charge in [-0.05, 0) is 45.5 Å². The molecular weight excluding hydrogens is 266 g/mol. The largest absolute Gasteiger partial charge is 0.493 e. The Hall–Kier alpha value is -1.75. The van der Waals surface area contributed by atoms with Crippen LogP contribution in [0.5, 0.6) is 5.75 Å². The van der Waals surface area contributed by atoms with Crippen LogP contribution in [0.4, 0.5) is 4.79 Å². The second-order valence-corrected chi connectivity index (χ2v) is 5.41. The van der Waals surface area contributed by atoms with Crippen molar-refractivity contribution in [1.82, 2.24) is 15.5 Å². The van der Waals surface area contributed by atoms with Gasteiger partial charge in [0.25, 0.3) is 0 Å². The lowest BCUT2D eigenvalue weighted by atomic mass is 10.1. The van der Waals surface area contributed by atoms with Crippen molar-refractivity contribution in [1.29, 1.82) is 0 Å². The Kier molecular flexibility index (Phi) is 7.61. The zero-order valence-electron chi connectivity index (χ0n) is 13.5. The van der Waals surface area contributed by atoms with Crippen LogP contribution < -0.4 is 15.4 Å². The van der Waals surface area contributed by atoms with E-state index in [9.17, 15) is 4.79 Å². The van der Waals surface area contributed by atoms with Crippen molar-refractivity contribution in [2.24, 2.45) is 0 Å². The molecular formula is C16H27N3O2. The van der Waals surface area contributed by atoms with Crippen molar-refractivity contribution >= 4 is 6.03 Å². The Morgan fingerprint density at radius 2 is 1.76 bits per heavy atom. The number of hydrogen-bond acceptors (Lipinski definition) is 3. The number of likely N-dealkylation sites (N-methyl/N-ethyl adjacent to an activating group) is 1. The molecule has 0 atom stereocenters. The highest BCUT2D eigenvalue weighted by Crippen LogP contribution is 2.22. The second kappa shape index (κ2) is 9.23. The van der Waals surface area contributed by atoms with Gasteiger partial charge < -0.3 is 20.3 Å². The first kappa shape index (κ1) is 17.3. The summed E-state index contributed by atoms with van der Waals surface area (Å²) in [5.74, 6) is 0.952. The number of amides is 2. The van der Waals surface area contributed by atoms with Crippen LogP contribution in [-0.4, -0.2) is 51.3 Å². The van der Waals surface area contributed by atoms with E-state index >= 15 is 0 Å². The van der Waals surface area contributed by atoms with Gasteiger partial charge in [0, 0.05) is 19.6 Å². The molecule has 0 aliphatic heterocycles. The number of ether oxygens (including phenoxy) is 1. The number of carbonyl (C=O) groups excluding carboxylic acids is 1. The Morgan fingerprint density at radius 3 is 2.38 bits per heavy atom. The lowest BCUT2D eigenvalue weighted by molar-refractivity contribution is 0.237. The number of nitrogens with zero attached hydrogens (tertiary/aromatic N) is 1. The number of benzene rings is 1. The van der Waals surface area contributed by atoms with Crippen LogP contribution in [0, 0.1) is 13.8 Å². The van der Waals surface area contributed by atoms with E-state index in [4.69, 9.17) is 4.74 Å². The number of urea groups is 1. The number of rotatable bonds is 8. The zero-order chi connectivity index (χ0) is 15.7. The first-order chi connectivity index (χ1) is 10.0. The fourth-order valence-corrected chi connectivity index (χ4v) is 1.93. The van der Waals surface area contributed by atoms with Crippen molar-refractivity contribution in [3.8, 4) is 5.75 Å². The molecule has 1 aromatic carbocycles. The summed E-state index contributed by atoms with van der Waals surface area (Å²) in [6.45, 7) is 6.78. The SMILES string of the molecule is Cc1cccc(C)c1OCCCNC(=O)NCCN(C)C. The molecule has 1 rings (SSSR count). The van der Waals surface area contributed by atoms with Gasteiger partial charge in [-0.1, -0.05) is 18.2 Å². The highest BCUT2D eigenvalue weighted by molar-refractivity contribution is 5.73. The van der Waals surface area contributed by atoms with Gasteiger partial charge in [0.05, 0.1) is 6.61 Å². The Balaban J connectivity index is 2.13. The molecule has 118 valence electrons. The molecule has 0 unspecified atom stereocenters. The summed E-state index contributed by atoms with van der Waals surface area (Å²) in [5.41, 5.74) is 2.29.